The zero-order chi connectivity index (χ0) is 52.5. The van der Waals surface area contributed by atoms with Gasteiger partial charge in [-0.25, -0.2) is 0 Å². The topological polar surface area (TPSA) is 160 Å². The predicted molar refractivity (Wildman–Crippen MR) is 296 cm³/mol. The Morgan fingerprint density at radius 3 is 1.82 bits per heavy atom. The first-order valence-electron chi connectivity index (χ1n) is 26.5. The Morgan fingerprint density at radius 1 is 0.632 bits per heavy atom. The molecule has 0 saturated carbocycles. The molecule has 0 radical (unpaired) electrons. The summed E-state index contributed by atoms with van der Waals surface area (Å²) in [6.45, 7) is 18.2. The van der Waals surface area contributed by atoms with Crippen LogP contribution < -0.4 is 33.8 Å². The van der Waals surface area contributed by atoms with E-state index in [4.69, 9.17) is 34.1 Å². The number of fused-ring (bicyclic) bond motifs is 4. The van der Waals surface area contributed by atoms with E-state index in [1.807, 2.05) is 41.1 Å². The number of aromatic nitrogens is 4. The molecule has 1 spiro atoms. The lowest BCUT2D eigenvalue weighted by Crippen LogP contribution is -2.73. The van der Waals surface area contributed by atoms with Crippen molar-refractivity contribution >= 4 is 56.4 Å². The zero-order valence-electron chi connectivity index (χ0n) is 44.0. The Hall–Kier alpha value is -7.70. The second-order valence-electron chi connectivity index (χ2n) is 21.2. The highest BCUT2D eigenvalue weighted by Gasteiger charge is 2.54. The fourth-order valence-corrected chi connectivity index (χ4v) is 11.5. The van der Waals surface area contributed by atoms with Crippen LogP contribution in [0.1, 0.15) is 28.9 Å². The Bertz CT molecular complexity index is 3170. The number of phenolic OH excluding ortho intramolecular Hbond substituents is 1. The Morgan fingerprint density at radius 2 is 1.20 bits per heavy atom. The molecule has 11 rings (SSSR count). The van der Waals surface area contributed by atoms with Crippen LogP contribution in [0.2, 0.25) is 0 Å². The Labute approximate surface area is 444 Å². The minimum absolute atomic E-state index is 0.0236. The number of nitrogens with zero attached hydrogens (tertiary/aromatic N) is 12. The van der Waals surface area contributed by atoms with Gasteiger partial charge in [0, 0.05) is 129 Å². The lowest BCUT2D eigenvalue weighted by Gasteiger charge is -2.60. The van der Waals surface area contributed by atoms with Crippen molar-refractivity contribution < 1.29 is 28.9 Å². The number of amides is 2. The van der Waals surface area contributed by atoms with Crippen molar-refractivity contribution in [1.29, 1.82) is 0 Å². The van der Waals surface area contributed by atoms with Gasteiger partial charge in [0.25, 0.3) is 0 Å². The summed E-state index contributed by atoms with van der Waals surface area (Å²) in [6, 6.07) is 25.1. The van der Waals surface area contributed by atoms with Gasteiger partial charge >= 0.3 is 12.0 Å². The van der Waals surface area contributed by atoms with Gasteiger partial charge in [-0.3, -0.25) is 14.5 Å². The average molecular weight is 1030 g/mol. The van der Waals surface area contributed by atoms with Crippen LogP contribution in [-0.4, -0.2) is 176 Å². The lowest BCUT2D eigenvalue weighted by molar-refractivity contribution is -0.139. The molecule has 18 heteroatoms. The van der Waals surface area contributed by atoms with Crippen LogP contribution in [0.3, 0.4) is 0 Å². The standard InChI is InChI=1S/C58H68N12O6/c1-6-52(72)65-22-24-66(25-23-65)54-46-17-21-68(34-48(46)59-56(61-54)74-27-12-19-63(3)4)51-32-43(30-41-14-9-11-16-45(41)51)76-39-64(5)26-28-75-57-60-49-33-67(50-31-42(71)29-40-13-8-10-15-44(40)50)20-18-47(49)55(62-57)70-37-58(38-70)35-69(36-58)53(73)7-2/h6-11,13-16,29-32,71H,1-2,12,17-28,33-39H2,3-5H3. The number of likely N-dealkylation sites (tertiary alicyclic amines) is 1. The van der Waals surface area contributed by atoms with Crippen LogP contribution in [-0.2, 0) is 35.5 Å². The summed E-state index contributed by atoms with van der Waals surface area (Å²) in [6.07, 6.45) is 5.11. The van der Waals surface area contributed by atoms with Gasteiger partial charge < -0.3 is 53.6 Å². The molecule has 0 bridgehead atoms. The summed E-state index contributed by atoms with van der Waals surface area (Å²) in [7, 11) is 6.12. The molecule has 1 N–H and O–H groups in total. The number of rotatable bonds is 18. The normalized spacial score (nSPS) is 16.9. The van der Waals surface area contributed by atoms with Gasteiger partial charge in [0.05, 0.1) is 31.1 Å². The van der Waals surface area contributed by atoms with Gasteiger partial charge in [0.15, 0.2) is 0 Å². The van der Waals surface area contributed by atoms with Crippen molar-refractivity contribution in [3.05, 3.63) is 121 Å². The molecule has 3 fully saturated rings. The molecular formula is C58H68N12O6. The van der Waals surface area contributed by atoms with Gasteiger partial charge in [0.1, 0.15) is 36.5 Å². The maximum absolute atomic E-state index is 12.4. The molecule has 3 saturated heterocycles. The van der Waals surface area contributed by atoms with Crippen LogP contribution in [0, 0.1) is 5.41 Å². The maximum atomic E-state index is 12.4. The summed E-state index contributed by atoms with van der Waals surface area (Å²) >= 11 is 0. The van der Waals surface area contributed by atoms with E-state index in [2.05, 4.69) is 99.1 Å². The third kappa shape index (κ3) is 10.5. The molecule has 2 aromatic heterocycles. The first-order chi connectivity index (χ1) is 36.9. The minimum Gasteiger partial charge on any atom is -0.508 e. The van der Waals surface area contributed by atoms with E-state index in [0.29, 0.717) is 77.8 Å². The number of likely N-dealkylation sites (N-methyl/N-ethyl adjacent to an activating group) is 1. The Balaban J connectivity index is 0.774. The molecule has 0 unspecified atom stereocenters. The first-order valence-corrected chi connectivity index (χ1v) is 26.5. The molecular weight excluding hydrogens is 961 g/mol. The van der Waals surface area contributed by atoms with Gasteiger partial charge in [-0.2, -0.15) is 19.9 Å². The number of ether oxygens (including phenoxy) is 3. The molecule has 7 heterocycles. The van der Waals surface area contributed by atoms with Gasteiger partial charge in [-0.05, 0) is 75.5 Å². The summed E-state index contributed by atoms with van der Waals surface area (Å²) in [4.78, 5) is 62.1. The van der Waals surface area contributed by atoms with Crippen LogP contribution in [0.15, 0.2) is 98.1 Å². The van der Waals surface area contributed by atoms with Crippen LogP contribution in [0.25, 0.3) is 21.5 Å². The molecule has 0 aliphatic carbocycles. The van der Waals surface area contributed by atoms with E-state index in [-0.39, 0.29) is 23.0 Å². The quantitative estimate of drug-likeness (QED) is 0.0630. The molecule has 396 valence electrons. The van der Waals surface area contributed by atoms with Crippen molar-refractivity contribution in [2.75, 3.05) is 139 Å². The monoisotopic (exact) mass is 1030 g/mol. The van der Waals surface area contributed by atoms with Gasteiger partial charge in [-0.15, -0.1) is 0 Å². The van der Waals surface area contributed by atoms with Gasteiger partial charge in [0.2, 0.25) is 11.8 Å². The molecule has 4 aromatic carbocycles. The second kappa shape index (κ2) is 21.5. The Kier molecular flexibility index (Phi) is 14.3. The van der Waals surface area contributed by atoms with Crippen molar-refractivity contribution in [1.82, 2.24) is 39.5 Å². The van der Waals surface area contributed by atoms with Crippen molar-refractivity contribution in [3.8, 4) is 23.5 Å². The van der Waals surface area contributed by atoms with Crippen LogP contribution in [0.5, 0.6) is 23.5 Å². The number of carbonyl (C=O) groups excluding carboxylic acids is 2. The minimum atomic E-state index is -0.0484. The number of piperazine rings is 1. The molecule has 5 aliphatic rings. The molecule has 5 aliphatic heterocycles. The summed E-state index contributed by atoms with van der Waals surface area (Å²) in [5.74, 6) is 2.71. The van der Waals surface area contributed by atoms with Crippen molar-refractivity contribution in [2.45, 2.75) is 32.4 Å². The van der Waals surface area contributed by atoms with Gasteiger partial charge in [-0.1, -0.05) is 61.7 Å². The van der Waals surface area contributed by atoms with Crippen LogP contribution in [0.4, 0.5) is 23.0 Å². The van der Waals surface area contributed by atoms with E-state index in [0.717, 1.165) is 138 Å². The highest BCUT2D eigenvalue weighted by atomic mass is 16.5. The number of carbonyl (C=O) groups is 2. The fourth-order valence-electron chi connectivity index (χ4n) is 11.5. The fraction of sp³-hybridized carbons (Fsp3) is 0.414. The number of hydrogen-bond donors (Lipinski definition) is 1. The average Bonchev–Trinajstić information content (AvgIpc) is 3.41. The second-order valence-corrected chi connectivity index (χ2v) is 21.2. The molecule has 76 heavy (non-hydrogen) atoms. The molecule has 0 atom stereocenters. The number of hydrogen-bond acceptors (Lipinski definition) is 16. The summed E-state index contributed by atoms with van der Waals surface area (Å²) < 4.78 is 19.2. The highest BCUT2D eigenvalue weighted by Crippen LogP contribution is 2.45. The number of aromatic hydroxyl groups is 1. The van der Waals surface area contributed by atoms with E-state index < -0.39 is 0 Å². The zero-order valence-corrected chi connectivity index (χ0v) is 44.0. The number of benzene rings is 4. The van der Waals surface area contributed by atoms with Crippen molar-refractivity contribution in [3.63, 3.8) is 0 Å². The van der Waals surface area contributed by atoms with E-state index in [9.17, 15) is 14.7 Å². The van der Waals surface area contributed by atoms with Crippen molar-refractivity contribution in [2.24, 2.45) is 5.41 Å². The predicted octanol–water partition coefficient (Wildman–Crippen LogP) is 5.75. The maximum Gasteiger partial charge on any atom is 0.318 e. The lowest BCUT2D eigenvalue weighted by atomic mass is 9.72. The third-order valence-corrected chi connectivity index (χ3v) is 15.5. The van der Waals surface area contributed by atoms with E-state index in [1.54, 1.807) is 6.07 Å². The largest absolute Gasteiger partial charge is 0.508 e. The summed E-state index contributed by atoms with van der Waals surface area (Å²) in [5.41, 5.74) is 6.19. The SMILES string of the molecule is C=CC(=O)N1CCN(c2nc(OCCCN(C)C)nc3c2CCN(c2cc(OCN(C)CCOc4nc5c(c(N6CC7(CN(C(=O)C=C)C7)C6)n4)CCN(c4cc(O)cc6ccccc46)C5)cc4ccccc24)C3)CC1. The third-order valence-electron chi connectivity index (χ3n) is 15.5. The molecule has 2 amide bonds. The number of anilines is 4. The summed E-state index contributed by atoms with van der Waals surface area (Å²) in [5, 5.41) is 15.0. The highest BCUT2D eigenvalue weighted by molar-refractivity contribution is 5.97. The van der Waals surface area contributed by atoms with Crippen LogP contribution >= 0.6 is 0 Å². The van der Waals surface area contributed by atoms with E-state index >= 15 is 0 Å². The number of phenols is 1. The smallest absolute Gasteiger partial charge is 0.318 e. The first kappa shape index (κ1) is 50.5. The molecule has 6 aromatic rings. The molecule has 18 nitrogen and oxygen atoms in total. The van der Waals surface area contributed by atoms with E-state index in [1.165, 1.54) is 12.2 Å².